The molecule has 2 fully saturated rings. The molecule has 1 unspecified atom stereocenters. The molecule has 1 atom stereocenters. The maximum Gasteiger partial charge on any atom is 0.252 e. The lowest BCUT2D eigenvalue weighted by molar-refractivity contribution is 0.0767. The van der Waals surface area contributed by atoms with Gasteiger partial charge < -0.3 is 14.8 Å². The van der Waals surface area contributed by atoms with Crippen LogP contribution in [0.2, 0.25) is 0 Å². The smallest absolute Gasteiger partial charge is 0.252 e. The Balaban J connectivity index is 1.40. The minimum atomic E-state index is -0.410. The van der Waals surface area contributed by atoms with E-state index in [9.17, 15) is 4.79 Å². The van der Waals surface area contributed by atoms with Gasteiger partial charge >= 0.3 is 0 Å². The maximum atomic E-state index is 13.5. The third kappa shape index (κ3) is 4.47. The highest BCUT2D eigenvalue weighted by Crippen LogP contribution is 2.49. The number of amides is 1. The zero-order valence-electron chi connectivity index (χ0n) is 20.4. The van der Waals surface area contributed by atoms with Crippen molar-refractivity contribution >= 4 is 16.8 Å². The summed E-state index contributed by atoms with van der Waals surface area (Å²) in [6, 6.07) is 14.3. The molecule has 2 aliphatic rings. The van der Waals surface area contributed by atoms with Gasteiger partial charge in [-0.3, -0.25) is 14.7 Å². The Labute approximate surface area is 201 Å². The zero-order valence-corrected chi connectivity index (χ0v) is 20.4. The highest BCUT2D eigenvalue weighted by atomic mass is 16.5. The number of carbonyl (C=O) groups is 1. The van der Waals surface area contributed by atoms with Gasteiger partial charge in [-0.05, 0) is 89.0 Å². The molecule has 0 radical (unpaired) electrons. The quantitative estimate of drug-likeness (QED) is 0.523. The SMILES string of the molecule is Cc1ccc(OCC2CCN2C)cc1C(=O)NC1(c2cc(OC(C)C)cc3ncccc23)CC1. The van der Waals surface area contributed by atoms with Gasteiger partial charge in [0.05, 0.1) is 17.2 Å². The van der Waals surface area contributed by atoms with Crippen LogP contribution >= 0.6 is 0 Å². The van der Waals surface area contributed by atoms with Gasteiger partial charge in [0.25, 0.3) is 5.91 Å². The molecular weight excluding hydrogens is 426 g/mol. The van der Waals surface area contributed by atoms with Crippen LogP contribution in [-0.2, 0) is 5.54 Å². The molecule has 0 spiro atoms. The number of fused-ring (bicyclic) bond motifs is 1. The van der Waals surface area contributed by atoms with Crippen molar-refractivity contribution in [1.82, 2.24) is 15.2 Å². The standard InChI is InChI=1S/C28H33N3O3/c1-18(2)34-22-15-25(23-6-5-12-29-26(23)16-22)28(10-11-28)30-27(32)24-14-21(8-7-19(24)3)33-17-20-9-13-31(20)4/h5-8,12,14-16,18,20H,9-11,13,17H2,1-4H3,(H,30,32). The summed E-state index contributed by atoms with van der Waals surface area (Å²) in [7, 11) is 2.11. The Morgan fingerprint density at radius 1 is 1.21 bits per heavy atom. The van der Waals surface area contributed by atoms with Crippen LogP contribution < -0.4 is 14.8 Å². The van der Waals surface area contributed by atoms with Gasteiger partial charge in [0, 0.05) is 29.3 Å². The van der Waals surface area contributed by atoms with Crippen LogP contribution in [-0.4, -0.2) is 48.1 Å². The number of pyridine rings is 1. The number of nitrogens with zero attached hydrogens (tertiary/aromatic N) is 2. The number of benzene rings is 2. The fourth-order valence-corrected chi connectivity index (χ4v) is 4.67. The molecule has 2 heterocycles. The summed E-state index contributed by atoms with van der Waals surface area (Å²) in [5.74, 6) is 1.44. The van der Waals surface area contributed by atoms with Crippen molar-refractivity contribution in [2.75, 3.05) is 20.2 Å². The lowest BCUT2D eigenvalue weighted by Crippen LogP contribution is -2.48. The van der Waals surface area contributed by atoms with Crippen LogP contribution in [0.4, 0.5) is 0 Å². The normalized spacial score (nSPS) is 19.0. The van der Waals surface area contributed by atoms with E-state index >= 15 is 0 Å². The molecule has 1 aliphatic heterocycles. The molecule has 34 heavy (non-hydrogen) atoms. The lowest BCUT2D eigenvalue weighted by Gasteiger charge is -2.37. The molecule has 1 saturated heterocycles. The second kappa shape index (κ2) is 8.91. The molecule has 3 aromatic rings. The summed E-state index contributed by atoms with van der Waals surface area (Å²) in [5, 5.41) is 4.40. The third-order valence-electron chi connectivity index (χ3n) is 7.02. The van der Waals surface area contributed by atoms with E-state index in [2.05, 4.69) is 34.4 Å². The number of hydrogen-bond donors (Lipinski definition) is 1. The van der Waals surface area contributed by atoms with Gasteiger partial charge in [-0.25, -0.2) is 0 Å². The number of carbonyl (C=O) groups excluding carboxylic acids is 1. The second-order valence-corrected chi connectivity index (χ2v) is 9.95. The lowest BCUT2D eigenvalue weighted by atomic mass is 9.97. The first kappa shape index (κ1) is 22.7. The Morgan fingerprint density at radius 3 is 2.71 bits per heavy atom. The molecule has 1 aromatic heterocycles. The molecule has 1 aliphatic carbocycles. The molecule has 6 heteroatoms. The first-order valence-electron chi connectivity index (χ1n) is 12.2. The van der Waals surface area contributed by atoms with Crippen molar-refractivity contribution in [3.8, 4) is 11.5 Å². The Bertz CT molecular complexity index is 1220. The van der Waals surface area contributed by atoms with Gasteiger partial charge in [-0.2, -0.15) is 0 Å². The number of rotatable bonds is 8. The average Bonchev–Trinajstić information content (AvgIpc) is 3.58. The van der Waals surface area contributed by atoms with Crippen LogP contribution in [0.5, 0.6) is 11.5 Å². The van der Waals surface area contributed by atoms with Crippen LogP contribution in [0, 0.1) is 6.92 Å². The van der Waals surface area contributed by atoms with Crippen molar-refractivity contribution in [1.29, 1.82) is 0 Å². The summed E-state index contributed by atoms with van der Waals surface area (Å²) < 4.78 is 12.0. The number of nitrogens with one attached hydrogen (secondary N) is 1. The molecule has 6 nitrogen and oxygen atoms in total. The minimum Gasteiger partial charge on any atom is -0.492 e. The van der Waals surface area contributed by atoms with E-state index in [0.717, 1.165) is 59.3 Å². The van der Waals surface area contributed by atoms with E-state index in [-0.39, 0.29) is 12.0 Å². The second-order valence-electron chi connectivity index (χ2n) is 9.95. The summed E-state index contributed by atoms with van der Waals surface area (Å²) >= 11 is 0. The van der Waals surface area contributed by atoms with E-state index in [4.69, 9.17) is 9.47 Å². The van der Waals surface area contributed by atoms with Gasteiger partial charge in [-0.1, -0.05) is 12.1 Å². The summed E-state index contributed by atoms with van der Waals surface area (Å²) in [6.07, 6.45) is 4.78. The predicted molar refractivity (Wildman–Crippen MR) is 134 cm³/mol. The molecule has 178 valence electrons. The topological polar surface area (TPSA) is 63.7 Å². The fourth-order valence-electron chi connectivity index (χ4n) is 4.67. The van der Waals surface area contributed by atoms with Gasteiger partial charge in [0.1, 0.15) is 18.1 Å². The third-order valence-corrected chi connectivity index (χ3v) is 7.02. The Kier molecular flexibility index (Phi) is 5.94. The first-order valence-corrected chi connectivity index (χ1v) is 12.2. The van der Waals surface area contributed by atoms with Crippen molar-refractivity contribution in [3.63, 3.8) is 0 Å². The molecule has 5 rings (SSSR count). The van der Waals surface area contributed by atoms with Gasteiger partial charge in [0.2, 0.25) is 0 Å². The van der Waals surface area contributed by atoms with Crippen molar-refractivity contribution in [2.24, 2.45) is 0 Å². The van der Waals surface area contributed by atoms with E-state index < -0.39 is 5.54 Å². The summed E-state index contributed by atoms with van der Waals surface area (Å²) in [4.78, 5) is 20.3. The molecule has 1 N–H and O–H groups in total. The fraction of sp³-hybridized carbons (Fsp3) is 0.429. The monoisotopic (exact) mass is 459 g/mol. The van der Waals surface area contributed by atoms with Gasteiger partial charge in [0.15, 0.2) is 0 Å². The molecular formula is C28H33N3O3. The van der Waals surface area contributed by atoms with E-state index in [0.29, 0.717) is 18.2 Å². The molecule has 0 bridgehead atoms. The van der Waals surface area contributed by atoms with Gasteiger partial charge in [-0.15, -0.1) is 0 Å². The number of ether oxygens (including phenoxy) is 2. The molecule has 2 aromatic carbocycles. The minimum absolute atomic E-state index is 0.0591. The number of likely N-dealkylation sites (N-methyl/N-ethyl adjacent to an activating group) is 1. The van der Waals surface area contributed by atoms with E-state index in [1.54, 1.807) is 6.20 Å². The van der Waals surface area contributed by atoms with Crippen LogP contribution in [0.15, 0.2) is 48.7 Å². The Morgan fingerprint density at radius 2 is 2.03 bits per heavy atom. The summed E-state index contributed by atoms with van der Waals surface area (Å²) in [5.41, 5.74) is 3.13. The van der Waals surface area contributed by atoms with Crippen molar-refractivity contribution in [3.05, 3.63) is 65.4 Å². The first-order chi connectivity index (χ1) is 16.3. The number of hydrogen-bond acceptors (Lipinski definition) is 5. The zero-order chi connectivity index (χ0) is 23.9. The summed E-state index contributed by atoms with van der Waals surface area (Å²) in [6.45, 7) is 7.75. The van der Waals surface area contributed by atoms with Crippen LogP contribution in [0.25, 0.3) is 10.9 Å². The van der Waals surface area contributed by atoms with Crippen LogP contribution in [0.1, 0.15) is 54.6 Å². The molecule has 1 saturated carbocycles. The number of aromatic nitrogens is 1. The number of aryl methyl sites for hydroxylation is 1. The van der Waals surface area contributed by atoms with Crippen molar-refractivity contribution < 1.29 is 14.3 Å². The highest BCUT2D eigenvalue weighted by Gasteiger charge is 2.47. The van der Waals surface area contributed by atoms with E-state index in [1.165, 1.54) is 0 Å². The van der Waals surface area contributed by atoms with E-state index in [1.807, 2.05) is 51.1 Å². The highest BCUT2D eigenvalue weighted by molar-refractivity contribution is 5.97. The average molecular weight is 460 g/mol. The molecule has 1 amide bonds. The largest absolute Gasteiger partial charge is 0.492 e. The van der Waals surface area contributed by atoms with Crippen molar-refractivity contribution in [2.45, 2.75) is 57.7 Å². The predicted octanol–water partition coefficient (Wildman–Crippen LogP) is 4.83. The van der Waals surface area contributed by atoms with Crippen LogP contribution in [0.3, 0.4) is 0 Å². The number of likely N-dealkylation sites (tertiary alicyclic amines) is 1. The Hall–Kier alpha value is -3.12. The maximum absolute atomic E-state index is 13.5.